The molecule has 2 rings (SSSR count). The van der Waals surface area contributed by atoms with Crippen molar-refractivity contribution in [3.8, 4) is 5.75 Å². The van der Waals surface area contributed by atoms with Crippen LogP contribution in [0.1, 0.15) is 23.2 Å². The van der Waals surface area contributed by atoms with Crippen molar-refractivity contribution in [1.29, 1.82) is 0 Å². The zero-order chi connectivity index (χ0) is 13.3. The molecule has 0 aliphatic heterocycles. The first-order chi connectivity index (χ1) is 8.49. The summed E-state index contributed by atoms with van der Waals surface area (Å²) in [5.74, 6) is 0.0750. The molecule has 1 saturated carbocycles. The number of amides is 1. The fourth-order valence-corrected chi connectivity index (χ4v) is 1.51. The highest BCUT2D eigenvalue weighted by Crippen LogP contribution is 2.32. The van der Waals surface area contributed by atoms with Crippen LogP contribution in [-0.2, 0) is 0 Å². The van der Waals surface area contributed by atoms with Crippen molar-refractivity contribution in [1.82, 2.24) is 4.90 Å². The number of nitro benzene ring substituents is 1. The minimum atomic E-state index is -0.496. The number of hydrogen-bond donors (Lipinski definition) is 0. The molecule has 0 spiro atoms. The van der Waals surface area contributed by atoms with E-state index in [0.29, 0.717) is 11.3 Å². The van der Waals surface area contributed by atoms with E-state index in [4.69, 9.17) is 4.74 Å². The van der Waals surface area contributed by atoms with Crippen LogP contribution in [0.4, 0.5) is 5.69 Å². The van der Waals surface area contributed by atoms with Crippen LogP contribution in [0, 0.1) is 10.1 Å². The van der Waals surface area contributed by atoms with Gasteiger partial charge in [0.15, 0.2) is 0 Å². The van der Waals surface area contributed by atoms with E-state index < -0.39 is 4.92 Å². The quantitative estimate of drug-likeness (QED) is 0.603. The first-order valence-electron chi connectivity index (χ1n) is 5.66. The molecule has 96 valence electrons. The summed E-state index contributed by atoms with van der Waals surface area (Å²) in [6.45, 7) is 0. The number of nitro groups is 1. The molecule has 0 N–H and O–H groups in total. The fourth-order valence-electron chi connectivity index (χ4n) is 1.51. The predicted octanol–water partition coefficient (Wildman–Crippen LogP) is 1.84. The van der Waals surface area contributed by atoms with Gasteiger partial charge in [0.2, 0.25) is 0 Å². The second-order valence-electron chi connectivity index (χ2n) is 4.45. The highest BCUT2D eigenvalue weighted by molar-refractivity contribution is 5.97. The van der Waals surface area contributed by atoms with Crippen molar-refractivity contribution in [3.63, 3.8) is 0 Å². The maximum atomic E-state index is 11.9. The SMILES string of the molecule is CN(C)C(=O)c1ccc([N+](=O)[O-])cc1OC1CC1. The lowest BCUT2D eigenvalue weighted by Gasteiger charge is -2.14. The van der Waals surface area contributed by atoms with E-state index in [9.17, 15) is 14.9 Å². The molecule has 0 saturated heterocycles. The maximum Gasteiger partial charge on any atom is 0.273 e. The summed E-state index contributed by atoms with van der Waals surface area (Å²) >= 11 is 0. The standard InChI is InChI=1S/C12H14N2O4/c1-13(2)12(15)10-6-3-8(14(16)17)7-11(10)18-9-4-5-9/h3,6-7,9H,4-5H2,1-2H3. The third kappa shape index (κ3) is 2.58. The molecule has 1 aromatic carbocycles. The molecule has 1 aliphatic rings. The van der Waals surface area contributed by atoms with Crippen LogP contribution in [0.25, 0.3) is 0 Å². The van der Waals surface area contributed by atoms with Crippen molar-refractivity contribution in [3.05, 3.63) is 33.9 Å². The summed E-state index contributed by atoms with van der Waals surface area (Å²) in [6, 6.07) is 4.07. The van der Waals surface area contributed by atoms with Gasteiger partial charge < -0.3 is 9.64 Å². The van der Waals surface area contributed by atoms with Crippen molar-refractivity contribution in [2.75, 3.05) is 14.1 Å². The molecule has 6 heteroatoms. The lowest BCUT2D eigenvalue weighted by Crippen LogP contribution is -2.22. The van der Waals surface area contributed by atoms with Gasteiger partial charge in [0.05, 0.1) is 22.7 Å². The van der Waals surface area contributed by atoms with E-state index in [-0.39, 0.29) is 17.7 Å². The summed E-state index contributed by atoms with van der Waals surface area (Å²) in [5, 5.41) is 10.7. The predicted molar refractivity (Wildman–Crippen MR) is 64.8 cm³/mol. The Hall–Kier alpha value is -2.11. The number of nitrogens with zero attached hydrogens (tertiary/aromatic N) is 2. The number of carbonyl (C=O) groups is 1. The van der Waals surface area contributed by atoms with Gasteiger partial charge in [-0.3, -0.25) is 14.9 Å². The third-order valence-electron chi connectivity index (χ3n) is 2.63. The van der Waals surface area contributed by atoms with E-state index in [1.807, 2.05) is 0 Å². The van der Waals surface area contributed by atoms with E-state index in [0.717, 1.165) is 12.8 Å². The van der Waals surface area contributed by atoms with Gasteiger partial charge in [0, 0.05) is 20.2 Å². The second-order valence-corrected chi connectivity index (χ2v) is 4.45. The lowest BCUT2D eigenvalue weighted by atomic mass is 10.1. The van der Waals surface area contributed by atoms with E-state index in [1.54, 1.807) is 14.1 Å². The maximum absolute atomic E-state index is 11.9. The number of rotatable bonds is 4. The number of carbonyl (C=O) groups excluding carboxylic acids is 1. The molecular weight excluding hydrogens is 236 g/mol. The minimum Gasteiger partial charge on any atom is -0.489 e. The molecule has 0 aromatic heterocycles. The van der Waals surface area contributed by atoms with Crippen LogP contribution in [-0.4, -0.2) is 35.9 Å². The molecule has 1 fully saturated rings. The molecule has 6 nitrogen and oxygen atoms in total. The molecule has 18 heavy (non-hydrogen) atoms. The van der Waals surface area contributed by atoms with Gasteiger partial charge in [-0.1, -0.05) is 0 Å². The zero-order valence-electron chi connectivity index (χ0n) is 10.3. The monoisotopic (exact) mass is 250 g/mol. The second kappa shape index (κ2) is 4.64. The summed E-state index contributed by atoms with van der Waals surface area (Å²) in [7, 11) is 3.26. The molecular formula is C12H14N2O4. The molecule has 0 bridgehead atoms. The Kier molecular flexibility index (Phi) is 3.18. The summed E-state index contributed by atoms with van der Waals surface area (Å²) < 4.78 is 5.57. The van der Waals surface area contributed by atoms with E-state index in [1.165, 1.54) is 23.1 Å². The Bertz CT molecular complexity index is 495. The van der Waals surface area contributed by atoms with Gasteiger partial charge in [-0.25, -0.2) is 0 Å². The average Bonchev–Trinajstić information content (AvgIpc) is 3.11. The summed E-state index contributed by atoms with van der Waals surface area (Å²) in [6.07, 6.45) is 1.94. The molecule has 0 atom stereocenters. The van der Waals surface area contributed by atoms with Crippen molar-refractivity contribution >= 4 is 11.6 Å². The van der Waals surface area contributed by atoms with E-state index >= 15 is 0 Å². The van der Waals surface area contributed by atoms with Gasteiger partial charge in [0.25, 0.3) is 11.6 Å². The Morgan fingerprint density at radius 1 is 1.44 bits per heavy atom. The Morgan fingerprint density at radius 2 is 2.11 bits per heavy atom. The zero-order valence-corrected chi connectivity index (χ0v) is 10.3. The Morgan fingerprint density at radius 3 is 2.61 bits per heavy atom. The molecule has 0 unspecified atom stereocenters. The van der Waals surface area contributed by atoms with Gasteiger partial charge in [0.1, 0.15) is 5.75 Å². The Labute approximate surface area is 104 Å². The molecule has 1 aliphatic carbocycles. The van der Waals surface area contributed by atoms with Gasteiger partial charge in [-0.15, -0.1) is 0 Å². The summed E-state index contributed by atoms with van der Waals surface area (Å²) in [4.78, 5) is 23.6. The van der Waals surface area contributed by atoms with Crippen molar-refractivity contribution < 1.29 is 14.5 Å². The number of hydrogen-bond acceptors (Lipinski definition) is 4. The van der Waals surface area contributed by atoms with Crippen molar-refractivity contribution in [2.45, 2.75) is 18.9 Å². The van der Waals surface area contributed by atoms with Gasteiger partial charge in [-0.2, -0.15) is 0 Å². The summed E-state index contributed by atoms with van der Waals surface area (Å²) in [5.41, 5.74) is 0.290. The van der Waals surface area contributed by atoms with Crippen LogP contribution in [0.2, 0.25) is 0 Å². The van der Waals surface area contributed by atoms with Crippen LogP contribution in [0.15, 0.2) is 18.2 Å². The molecule has 1 amide bonds. The normalized spacial score (nSPS) is 14.1. The fraction of sp³-hybridized carbons (Fsp3) is 0.417. The van der Waals surface area contributed by atoms with Crippen LogP contribution >= 0.6 is 0 Å². The van der Waals surface area contributed by atoms with Gasteiger partial charge in [-0.05, 0) is 18.9 Å². The highest BCUT2D eigenvalue weighted by atomic mass is 16.6. The van der Waals surface area contributed by atoms with Crippen LogP contribution < -0.4 is 4.74 Å². The molecule has 1 aromatic rings. The smallest absolute Gasteiger partial charge is 0.273 e. The number of benzene rings is 1. The van der Waals surface area contributed by atoms with E-state index in [2.05, 4.69) is 0 Å². The largest absolute Gasteiger partial charge is 0.489 e. The number of non-ortho nitro benzene ring substituents is 1. The average molecular weight is 250 g/mol. The molecule has 0 radical (unpaired) electrons. The first-order valence-corrected chi connectivity index (χ1v) is 5.66. The van der Waals surface area contributed by atoms with Crippen LogP contribution in [0.5, 0.6) is 5.75 Å². The van der Waals surface area contributed by atoms with Crippen LogP contribution in [0.3, 0.4) is 0 Å². The molecule has 0 heterocycles. The first kappa shape index (κ1) is 12.3. The minimum absolute atomic E-state index is 0.0686. The number of ether oxygens (including phenoxy) is 1. The lowest BCUT2D eigenvalue weighted by molar-refractivity contribution is -0.384. The van der Waals surface area contributed by atoms with Gasteiger partial charge >= 0.3 is 0 Å². The highest BCUT2D eigenvalue weighted by Gasteiger charge is 2.27. The third-order valence-corrected chi connectivity index (χ3v) is 2.63. The Balaban J connectivity index is 2.37. The van der Waals surface area contributed by atoms with Crippen molar-refractivity contribution in [2.24, 2.45) is 0 Å². The topological polar surface area (TPSA) is 72.7 Å².